The van der Waals surface area contributed by atoms with Crippen LogP contribution in [-0.2, 0) is 6.42 Å². The molecular weight excluding hydrogens is 212 g/mol. The molecule has 0 aromatic heterocycles. The molecule has 17 heavy (non-hydrogen) atoms. The van der Waals surface area contributed by atoms with Gasteiger partial charge in [-0.15, -0.1) is 0 Å². The molecule has 3 nitrogen and oxygen atoms in total. The second-order valence-electron chi connectivity index (χ2n) is 5.04. The van der Waals surface area contributed by atoms with E-state index in [0.29, 0.717) is 0 Å². The topological polar surface area (TPSA) is 38.5 Å². The number of benzene rings is 1. The van der Waals surface area contributed by atoms with Gasteiger partial charge < -0.3 is 15.4 Å². The number of piperidine rings is 1. The van der Waals surface area contributed by atoms with E-state index in [1.54, 1.807) is 7.11 Å². The summed E-state index contributed by atoms with van der Waals surface area (Å²) in [7, 11) is 3.87. The summed E-state index contributed by atoms with van der Waals surface area (Å²) >= 11 is 0. The first-order valence-corrected chi connectivity index (χ1v) is 6.30. The zero-order valence-corrected chi connectivity index (χ0v) is 10.8. The first kappa shape index (κ1) is 12.2. The maximum Gasteiger partial charge on any atom is 0.120 e. The molecule has 94 valence electrons. The molecular formula is C14H22N2O. The third kappa shape index (κ3) is 3.13. The summed E-state index contributed by atoms with van der Waals surface area (Å²) in [4.78, 5) is 2.41. The van der Waals surface area contributed by atoms with Crippen molar-refractivity contribution in [2.45, 2.75) is 19.3 Å². The first-order valence-electron chi connectivity index (χ1n) is 6.30. The highest BCUT2D eigenvalue weighted by atomic mass is 16.5. The minimum absolute atomic E-state index is 0.740. The molecule has 2 rings (SSSR count). The number of rotatable bonds is 3. The molecule has 1 saturated heterocycles. The van der Waals surface area contributed by atoms with Crippen LogP contribution in [-0.4, -0.2) is 32.1 Å². The summed E-state index contributed by atoms with van der Waals surface area (Å²) in [5.74, 6) is 1.58. The van der Waals surface area contributed by atoms with Gasteiger partial charge in [0.2, 0.25) is 0 Å². The van der Waals surface area contributed by atoms with Crippen LogP contribution in [0.5, 0.6) is 5.75 Å². The van der Waals surface area contributed by atoms with Crippen molar-refractivity contribution < 1.29 is 4.74 Å². The van der Waals surface area contributed by atoms with Gasteiger partial charge in [0, 0.05) is 18.3 Å². The van der Waals surface area contributed by atoms with Crippen LogP contribution in [0.1, 0.15) is 18.4 Å². The van der Waals surface area contributed by atoms with Crippen LogP contribution < -0.4 is 10.5 Å². The van der Waals surface area contributed by atoms with Gasteiger partial charge in [0.05, 0.1) is 7.11 Å². The van der Waals surface area contributed by atoms with E-state index in [4.69, 9.17) is 10.5 Å². The van der Waals surface area contributed by atoms with Gasteiger partial charge >= 0.3 is 0 Å². The largest absolute Gasteiger partial charge is 0.497 e. The van der Waals surface area contributed by atoms with E-state index in [1.165, 1.54) is 31.5 Å². The van der Waals surface area contributed by atoms with E-state index in [-0.39, 0.29) is 0 Å². The zero-order valence-electron chi connectivity index (χ0n) is 10.8. The quantitative estimate of drug-likeness (QED) is 0.815. The van der Waals surface area contributed by atoms with Gasteiger partial charge in [-0.3, -0.25) is 0 Å². The molecule has 0 spiro atoms. The number of ether oxygens (including phenoxy) is 1. The van der Waals surface area contributed by atoms with Crippen molar-refractivity contribution >= 4 is 5.69 Å². The van der Waals surface area contributed by atoms with Crippen LogP contribution >= 0.6 is 0 Å². The monoisotopic (exact) mass is 234 g/mol. The number of methoxy groups -OCH3 is 1. The van der Waals surface area contributed by atoms with Crippen molar-refractivity contribution in [3.05, 3.63) is 23.8 Å². The van der Waals surface area contributed by atoms with Crippen molar-refractivity contribution in [2.24, 2.45) is 5.92 Å². The zero-order chi connectivity index (χ0) is 12.3. The Bertz CT molecular complexity index is 378. The van der Waals surface area contributed by atoms with Gasteiger partial charge in [-0.05, 0) is 50.4 Å². The highest BCUT2D eigenvalue weighted by Crippen LogP contribution is 2.25. The first-order chi connectivity index (χ1) is 8.19. The fraction of sp³-hybridized carbons (Fsp3) is 0.571. The number of nitrogens with zero attached hydrogens (tertiary/aromatic N) is 1. The van der Waals surface area contributed by atoms with Gasteiger partial charge in [-0.1, -0.05) is 6.07 Å². The summed E-state index contributed by atoms with van der Waals surface area (Å²) in [5, 5.41) is 0. The Labute approximate surface area is 104 Å². The summed E-state index contributed by atoms with van der Waals surface area (Å²) in [6, 6.07) is 6.02. The second-order valence-corrected chi connectivity index (χ2v) is 5.04. The van der Waals surface area contributed by atoms with Crippen molar-refractivity contribution in [1.29, 1.82) is 0 Å². The number of nitrogen functional groups attached to an aromatic ring is 1. The van der Waals surface area contributed by atoms with Crippen LogP contribution in [0.4, 0.5) is 5.69 Å². The van der Waals surface area contributed by atoms with Crippen LogP contribution in [0.2, 0.25) is 0 Å². The second kappa shape index (κ2) is 5.41. The predicted molar refractivity (Wildman–Crippen MR) is 71.3 cm³/mol. The lowest BCUT2D eigenvalue weighted by Crippen LogP contribution is -2.33. The molecule has 0 bridgehead atoms. The normalized spacial score (nSPS) is 21.4. The number of hydrogen-bond acceptors (Lipinski definition) is 3. The number of nitrogens with two attached hydrogens (primary N) is 1. The Morgan fingerprint density at radius 3 is 2.94 bits per heavy atom. The third-order valence-electron chi connectivity index (χ3n) is 3.58. The summed E-state index contributed by atoms with van der Waals surface area (Å²) in [6.07, 6.45) is 3.70. The van der Waals surface area contributed by atoms with Crippen LogP contribution in [0.3, 0.4) is 0 Å². The predicted octanol–water partition coefficient (Wildman–Crippen LogP) is 2.16. The molecule has 0 amide bonds. The Balaban J connectivity index is 2.02. The molecule has 1 aliphatic rings. The lowest BCUT2D eigenvalue weighted by molar-refractivity contribution is 0.209. The lowest BCUT2D eigenvalue weighted by atomic mass is 9.91. The number of anilines is 1. The average molecular weight is 234 g/mol. The third-order valence-corrected chi connectivity index (χ3v) is 3.58. The smallest absolute Gasteiger partial charge is 0.120 e. The molecule has 1 fully saturated rings. The maximum atomic E-state index is 6.06. The van der Waals surface area contributed by atoms with Gasteiger partial charge in [0.15, 0.2) is 0 Å². The molecule has 1 aromatic rings. The SMILES string of the molecule is COc1ccc(CC2CCCN(C)C2)c(N)c1. The Hall–Kier alpha value is -1.22. The number of likely N-dealkylation sites (tertiary alicyclic amines) is 1. The van der Waals surface area contributed by atoms with E-state index in [0.717, 1.165) is 23.8 Å². The molecule has 2 N–H and O–H groups in total. The average Bonchev–Trinajstić information content (AvgIpc) is 2.32. The van der Waals surface area contributed by atoms with Crippen LogP contribution in [0.25, 0.3) is 0 Å². The molecule has 1 heterocycles. The highest BCUT2D eigenvalue weighted by Gasteiger charge is 2.18. The van der Waals surface area contributed by atoms with Gasteiger partial charge in [0.25, 0.3) is 0 Å². The lowest BCUT2D eigenvalue weighted by Gasteiger charge is -2.30. The fourth-order valence-corrected chi connectivity index (χ4v) is 2.64. The van der Waals surface area contributed by atoms with E-state index in [1.807, 2.05) is 12.1 Å². The summed E-state index contributed by atoms with van der Waals surface area (Å²) < 4.78 is 5.17. The molecule has 1 aromatic carbocycles. The molecule has 0 radical (unpaired) electrons. The molecule has 1 aliphatic heterocycles. The Kier molecular flexibility index (Phi) is 3.89. The van der Waals surface area contributed by atoms with E-state index >= 15 is 0 Å². The van der Waals surface area contributed by atoms with Gasteiger partial charge in [0.1, 0.15) is 5.75 Å². The highest BCUT2D eigenvalue weighted by molar-refractivity contribution is 5.51. The molecule has 0 aliphatic carbocycles. The Morgan fingerprint density at radius 1 is 1.47 bits per heavy atom. The van der Waals surface area contributed by atoms with Crippen molar-refractivity contribution in [3.63, 3.8) is 0 Å². The summed E-state index contributed by atoms with van der Waals surface area (Å²) in [5.41, 5.74) is 8.17. The Morgan fingerprint density at radius 2 is 2.29 bits per heavy atom. The van der Waals surface area contributed by atoms with Crippen LogP contribution in [0.15, 0.2) is 18.2 Å². The molecule has 1 unspecified atom stereocenters. The van der Waals surface area contributed by atoms with E-state index in [2.05, 4.69) is 18.0 Å². The fourth-order valence-electron chi connectivity index (χ4n) is 2.64. The van der Waals surface area contributed by atoms with Crippen molar-refractivity contribution in [2.75, 3.05) is 33.0 Å². The molecule has 3 heteroatoms. The molecule has 0 saturated carbocycles. The minimum Gasteiger partial charge on any atom is -0.497 e. The maximum absolute atomic E-state index is 6.06. The molecule has 1 atom stereocenters. The minimum atomic E-state index is 0.740. The van der Waals surface area contributed by atoms with E-state index < -0.39 is 0 Å². The van der Waals surface area contributed by atoms with Crippen molar-refractivity contribution in [1.82, 2.24) is 4.90 Å². The standard InChI is InChI=1S/C14H22N2O/c1-16-7-3-4-11(10-16)8-12-5-6-13(17-2)9-14(12)15/h5-6,9,11H,3-4,7-8,10,15H2,1-2H3. The van der Waals surface area contributed by atoms with Gasteiger partial charge in [-0.2, -0.15) is 0 Å². The number of hydrogen-bond donors (Lipinski definition) is 1. The van der Waals surface area contributed by atoms with E-state index in [9.17, 15) is 0 Å². The van der Waals surface area contributed by atoms with Crippen LogP contribution in [0, 0.1) is 5.92 Å². The summed E-state index contributed by atoms with van der Waals surface area (Å²) in [6.45, 7) is 2.42. The van der Waals surface area contributed by atoms with Crippen molar-refractivity contribution in [3.8, 4) is 5.75 Å². The van der Waals surface area contributed by atoms with Gasteiger partial charge in [-0.25, -0.2) is 0 Å².